The fourth-order valence-electron chi connectivity index (χ4n) is 3.37. The van der Waals surface area contributed by atoms with Crippen LogP contribution in [-0.2, 0) is 6.42 Å². The first-order valence-electron chi connectivity index (χ1n) is 7.91. The van der Waals surface area contributed by atoms with Crippen LogP contribution in [0.2, 0.25) is 0 Å². The average Bonchev–Trinajstić information content (AvgIpc) is 2.60. The maximum Gasteiger partial charge on any atom is 0.123 e. The molecule has 0 aromatic heterocycles. The smallest absolute Gasteiger partial charge is 0.123 e. The third kappa shape index (κ3) is 2.35. The van der Waals surface area contributed by atoms with Crippen molar-refractivity contribution in [2.45, 2.75) is 13.3 Å². The van der Waals surface area contributed by atoms with Crippen molar-refractivity contribution < 1.29 is 5.11 Å². The molecule has 0 fully saturated rings. The second kappa shape index (κ2) is 5.44. The summed E-state index contributed by atoms with van der Waals surface area (Å²) < 4.78 is 0. The number of fused-ring (bicyclic) bond motifs is 2. The molecule has 0 atom stereocenters. The summed E-state index contributed by atoms with van der Waals surface area (Å²) in [5.74, 6) is 0.345. The topological polar surface area (TPSA) is 20.2 Å². The predicted octanol–water partition coefficient (Wildman–Crippen LogP) is 5.60. The normalized spacial score (nSPS) is 11.2. The Bertz CT molecular complexity index is 931. The van der Waals surface area contributed by atoms with Gasteiger partial charge in [0.2, 0.25) is 0 Å². The van der Waals surface area contributed by atoms with E-state index in [1.54, 1.807) is 6.07 Å². The number of phenols is 1. The molecule has 0 aliphatic rings. The van der Waals surface area contributed by atoms with Crippen molar-refractivity contribution in [2.24, 2.45) is 0 Å². The fraction of sp³-hybridized carbons (Fsp3) is 0.0909. The molecule has 23 heavy (non-hydrogen) atoms. The second-order valence-electron chi connectivity index (χ2n) is 6.05. The van der Waals surface area contributed by atoms with Gasteiger partial charge in [-0.3, -0.25) is 0 Å². The third-order valence-electron chi connectivity index (χ3n) is 4.60. The molecule has 0 aliphatic heterocycles. The van der Waals surface area contributed by atoms with Gasteiger partial charge in [0.05, 0.1) is 0 Å². The Kier molecular flexibility index (Phi) is 3.27. The quantitative estimate of drug-likeness (QED) is 0.511. The van der Waals surface area contributed by atoms with E-state index in [9.17, 15) is 5.11 Å². The molecule has 1 nitrogen and oxygen atoms in total. The minimum absolute atomic E-state index is 0.345. The number of benzene rings is 4. The number of rotatable bonds is 2. The summed E-state index contributed by atoms with van der Waals surface area (Å²) >= 11 is 0. The molecule has 1 N–H and O–H groups in total. The molecule has 0 spiro atoms. The minimum Gasteiger partial charge on any atom is -0.507 e. The highest BCUT2D eigenvalue weighted by Gasteiger charge is 2.08. The van der Waals surface area contributed by atoms with Crippen LogP contribution in [0.15, 0.2) is 72.8 Å². The van der Waals surface area contributed by atoms with Gasteiger partial charge in [0.25, 0.3) is 0 Å². The van der Waals surface area contributed by atoms with Gasteiger partial charge < -0.3 is 5.11 Å². The molecule has 4 aromatic rings. The molecule has 112 valence electrons. The van der Waals surface area contributed by atoms with Crippen molar-refractivity contribution in [3.8, 4) is 5.75 Å². The van der Waals surface area contributed by atoms with E-state index in [1.165, 1.54) is 27.5 Å². The SMILES string of the molecule is Cc1ccc(Cc2ccc(O)c3ccccc23)c2ccccc12. The van der Waals surface area contributed by atoms with Crippen molar-refractivity contribution in [3.05, 3.63) is 89.5 Å². The van der Waals surface area contributed by atoms with E-state index in [-0.39, 0.29) is 0 Å². The second-order valence-corrected chi connectivity index (χ2v) is 6.05. The Hall–Kier alpha value is -2.80. The van der Waals surface area contributed by atoms with Crippen molar-refractivity contribution in [3.63, 3.8) is 0 Å². The van der Waals surface area contributed by atoms with Crippen molar-refractivity contribution in [2.75, 3.05) is 0 Å². The Labute approximate surface area is 135 Å². The number of aromatic hydroxyl groups is 1. The van der Waals surface area contributed by atoms with Gasteiger partial charge in [0, 0.05) is 5.39 Å². The lowest BCUT2D eigenvalue weighted by molar-refractivity contribution is 0.481. The summed E-state index contributed by atoms with van der Waals surface area (Å²) in [6.07, 6.45) is 0.863. The van der Waals surface area contributed by atoms with Gasteiger partial charge in [-0.05, 0) is 52.3 Å². The van der Waals surface area contributed by atoms with Crippen LogP contribution in [0.5, 0.6) is 5.75 Å². The van der Waals surface area contributed by atoms with Gasteiger partial charge in [0.1, 0.15) is 5.75 Å². The highest BCUT2D eigenvalue weighted by atomic mass is 16.3. The molecule has 0 saturated carbocycles. The molecule has 0 aliphatic carbocycles. The molecule has 4 rings (SSSR count). The average molecular weight is 298 g/mol. The number of aryl methyl sites for hydroxylation is 1. The van der Waals surface area contributed by atoms with Crippen LogP contribution in [0, 0.1) is 6.92 Å². The van der Waals surface area contributed by atoms with E-state index in [1.807, 2.05) is 24.3 Å². The van der Waals surface area contributed by atoms with Crippen molar-refractivity contribution >= 4 is 21.5 Å². The maximum atomic E-state index is 10.1. The zero-order valence-electron chi connectivity index (χ0n) is 13.1. The highest BCUT2D eigenvalue weighted by molar-refractivity contribution is 5.92. The summed E-state index contributed by atoms with van der Waals surface area (Å²) in [6, 6.07) is 24.9. The lowest BCUT2D eigenvalue weighted by Gasteiger charge is -2.12. The minimum atomic E-state index is 0.345. The monoisotopic (exact) mass is 298 g/mol. The highest BCUT2D eigenvalue weighted by Crippen LogP contribution is 2.31. The predicted molar refractivity (Wildman–Crippen MR) is 97.1 cm³/mol. The summed E-state index contributed by atoms with van der Waals surface area (Å²) in [5, 5.41) is 14.7. The van der Waals surface area contributed by atoms with Crippen LogP contribution < -0.4 is 0 Å². The van der Waals surface area contributed by atoms with Crippen LogP contribution in [0.4, 0.5) is 0 Å². The molecule has 4 aromatic carbocycles. The number of hydrogen-bond acceptors (Lipinski definition) is 1. The molecular weight excluding hydrogens is 280 g/mol. The molecular formula is C22H18O. The van der Waals surface area contributed by atoms with Gasteiger partial charge in [-0.25, -0.2) is 0 Å². The van der Waals surface area contributed by atoms with Gasteiger partial charge in [-0.1, -0.05) is 66.7 Å². The van der Waals surface area contributed by atoms with E-state index in [0.29, 0.717) is 5.75 Å². The Morgan fingerprint density at radius 1 is 0.609 bits per heavy atom. The van der Waals surface area contributed by atoms with Crippen LogP contribution in [0.3, 0.4) is 0 Å². The van der Waals surface area contributed by atoms with Gasteiger partial charge in [0.15, 0.2) is 0 Å². The Balaban J connectivity index is 1.89. The van der Waals surface area contributed by atoms with Crippen LogP contribution in [0.1, 0.15) is 16.7 Å². The zero-order valence-corrected chi connectivity index (χ0v) is 13.1. The molecule has 0 radical (unpaired) electrons. The van der Waals surface area contributed by atoms with Crippen molar-refractivity contribution in [1.82, 2.24) is 0 Å². The number of phenolic OH excluding ortho intramolecular Hbond substituents is 1. The van der Waals surface area contributed by atoms with E-state index in [0.717, 1.165) is 17.2 Å². The molecule has 0 unspecified atom stereocenters. The molecule has 0 bridgehead atoms. The summed E-state index contributed by atoms with van der Waals surface area (Å²) in [6.45, 7) is 2.15. The Morgan fingerprint density at radius 2 is 1.13 bits per heavy atom. The van der Waals surface area contributed by atoms with Gasteiger partial charge in [-0.2, -0.15) is 0 Å². The standard InChI is InChI=1S/C22H18O/c1-15-10-11-16(19-7-3-2-6-18(15)19)14-17-12-13-22(23)21-9-5-4-8-20(17)21/h2-13,23H,14H2,1H3. The van der Waals surface area contributed by atoms with E-state index < -0.39 is 0 Å². The largest absolute Gasteiger partial charge is 0.507 e. The van der Waals surface area contributed by atoms with Crippen LogP contribution >= 0.6 is 0 Å². The first kappa shape index (κ1) is 13.8. The van der Waals surface area contributed by atoms with Crippen LogP contribution in [0.25, 0.3) is 21.5 Å². The van der Waals surface area contributed by atoms with E-state index >= 15 is 0 Å². The van der Waals surface area contributed by atoms with E-state index in [4.69, 9.17) is 0 Å². The molecule has 0 saturated heterocycles. The maximum absolute atomic E-state index is 10.1. The number of hydrogen-bond donors (Lipinski definition) is 1. The zero-order chi connectivity index (χ0) is 15.8. The third-order valence-corrected chi connectivity index (χ3v) is 4.60. The first-order chi connectivity index (χ1) is 11.2. The lowest BCUT2D eigenvalue weighted by Crippen LogP contribution is -1.93. The van der Waals surface area contributed by atoms with E-state index in [2.05, 4.69) is 49.4 Å². The fourth-order valence-corrected chi connectivity index (χ4v) is 3.37. The molecule has 1 heteroatoms. The van der Waals surface area contributed by atoms with Crippen molar-refractivity contribution in [1.29, 1.82) is 0 Å². The lowest BCUT2D eigenvalue weighted by atomic mass is 9.93. The van der Waals surface area contributed by atoms with Crippen LogP contribution in [-0.4, -0.2) is 5.11 Å². The first-order valence-corrected chi connectivity index (χ1v) is 7.91. The summed E-state index contributed by atoms with van der Waals surface area (Å²) in [4.78, 5) is 0. The molecule has 0 heterocycles. The van der Waals surface area contributed by atoms with Gasteiger partial charge >= 0.3 is 0 Å². The summed E-state index contributed by atoms with van der Waals surface area (Å²) in [7, 11) is 0. The van der Waals surface area contributed by atoms with Gasteiger partial charge in [-0.15, -0.1) is 0 Å². The summed E-state index contributed by atoms with van der Waals surface area (Å²) in [5.41, 5.74) is 3.87. The molecule has 0 amide bonds. The Morgan fingerprint density at radius 3 is 1.83 bits per heavy atom.